The highest BCUT2D eigenvalue weighted by Crippen LogP contribution is 2.17. The SMILES string of the molecule is COc1ccccc1CCNCc1cnc(N2CCOCC2)nc1. The monoisotopic (exact) mass is 328 g/mol. The summed E-state index contributed by atoms with van der Waals surface area (Å²) in [6, 6.07) is 8.12. The third kappa shape index (κ3) is 4.43. The maximum atomic E-state index is 5.37. The van der Waals surface area contributed by atoms with Crippen LogP contribution in [-0.4, -0.2) is 49.9 Å². The molecule has 0 unspecified atom stereocenters. The van der Waals surface area contributed by atoms with Gasteiger partial charge >= 0.3 is 0 Å². The maximum absolute atomic E-state index is 5.37. The van der Waals surface area contributed by atoms with Crippen molar-refractivity contribution in [1.82, 2.24) is 15.3 Å². The van der Waals surface area contributed by atoms with Crippen LogP contribution in [0.15, 0.2) is 36.7 Å². The first-order valence-electron chi connectivity index (χ1n) is 8.33. The molecule has 3 rings (SSSR count). The van der Waals surface area contributed by atoms with Crippen LogP contribution in [0.2, 0.25) is 0 Å². The minimum Gasteiger partial charge on any atom is -0.496 e. The molecule has 1 saturated heterocycles. The van der Waals surface area contributed by atoms with Gasteiger partial charge in [-0.2, -0.15) is 0 Å². The van der Waals surface area contributed by atoms with E-state index in [0.29, 0.717) is 0 Å². The average Bonchev–Trinajstić information content (AvgIpc) is 2.67. The summed E-state index contributed by atoms with van der Waals surface area (Å²) < 4.78 is 10.7. The summed E-state index contributed by atoms with van der Waals surface area (Å²) in [5.41, 5.74) is 2.30. The van der Waals surface area contributed by atoms with E-state index in [1.165, 1.54) is 5.56 Å². The first-order chi connectivity index (χ1) is 11.9. The second kappa shape index (κ2) is 8.61. The maximum Gasteiger partial charge on any atom is 0.225 e. The van der Waals surface area contributed by atoms with Gasteiger partial charge in [0.1, 0.15) is 5.75 Å². The van der Waals surface area contributed by atoms with Gasteiger partial charge in [0, 0.05) is 37.6 Å². The summed E-state index contributed by atoms with van der Waals surface area (Å²) in [6.07, 6.45) is 4.72. The lowest BCUT2D eigenvalue weighted by Crippen LogP contribution is -2.37. The van der Waals surface area contributed by atoms with Crippen LogP contribution in [0.3, 0.4) is 0 Å². The molecule has 1 aromatic carbocycles. The smallest absolute Gasteiger partial charge is 0.225 e. The number of ether oxygens (including phenoxy) is 2. The fourth-order valence-corrected chi connectivity index (χ4v) is 2.73. The second-order valence-electron chi connectivity index (χ2n) is 5.73. The van der Waals surface area contributed by atoms with E-state index < -0.39 is 0 Å². The molecule has 1 aliphatic rings. The van der Waals surface area contributed by atoms with Crippen molar-refractivity contribution in [2.24, 2.45) is 0 Å². The lowest BCUT2D eigenvalue weighted by Gasteiger charge is -2.26. The van der Waals surface area contributed by atoms with Gasteiger partial charge in [-0.05, 0) is 24.6 Å². The molecule has 0 spiro atoms. The molecule has 24 heavy (non-hydrogen) atoms. The van der Waals surface area contributed by atoms with Crippen LogP contribution in [-0.2, 0) is 17.7 Å². The number of anilines is 1. The van der Waals surface area contributed by atoms with Crippen molar-refractivity contribution in [1.29, 1.82) is 0 Å². The normalized spacial score (nSPS) is 14.6. The quantitative estimate of drug-likeness (QED) is 0.780. The highest BCUT2D eigenvalue weighted by Gasteiger charge is 2.13. The Morgan fingerprint density at radius 3 is 2.67 bits per heavy atom. The highest BCUT2D eigenvalue weighted by atomic mass is 16.5. The number of nitrogens with zero attached hydrogens (tertiary/aromatic N) is 3. The van der Waals surface area contributed by atoms with Gasteiger partial charge < -0.3 is 19.7 Å². The van der Waals surface area contributed by atoms with E-state index in [4.69, 9.17) is 9.47 Å². The molecular weight excluding hydrogens is 304 g/mol. The predicted octanol–water partition coefficient (Wildman–Crippen LogP) is 1.65. The Morgan fingerprint density at radius 1 is 1.17 bits per heavy atom. The number of methoxy groups -OCH3 is 1. The number of aromatic nitrogens is 2. The molecule has 6 heteroatoms. The number of hydrogen-bond donors (Lipinski definition) is 1. The first kappa shape index (κ1) is 16.7. The number of rotatable bonds is 7. The molecule has 2 heterocycles. The van der Waals surface area contributed by atoms with Gasteiger partial charge in [-0.1, -0.05) is 18.2 Å². The lowest BCUT2D eigenvalue weighted by atomic mass is 10.1. The minimum absolute atomic E-state index is 0.746. The predicted molar refractivity (Wildman–Crippen MR) is 93.5 cm³/mol. The Kier molecular flexibility index (Phi) is 5.98. The van der Waals surface area contributed by atoms with Gasteiger partial charge in [0.05, 0.1) is 20.3 Å². The summed E-state index contributed by atoms with van der Waals surface area (Å²) in [4.78, 5) is 11.1. The molecule has 1 N–H and O–H groups in total. The largest absolute Gasteiger partial charge is 0.496 e. The zero-order valence-electron chi connectivity index (χ0n) is 14.1. The van der Waals surface area contributed by atoms with Crippen LogP contribution in [0, 0.1) is 0 Å². The minimum atomic E-state index is 0.746. The molecule has 1 aromatic heterocycles. The van der Waals surface area contributed by atoms with Crippen LogP contribution < -0.4 is 15.0 Å². The molecule has 0 aliphatic carbocycles. The van der Waals surface area contributed by atoms with Crippen LogP contribution in [0.1, 0.15) is 11.1 Å². The topological polar surface area (TPSA) is 59.5 Å². The zero-order valence-corrected chi connectivity index (χ0v) is 14.1. The van der Waals surface area contributed by atoms with Crippen LogP contribution in [0.4, 0.5) is 5.95 Å². The van der Waals surface area contributed by atoms with Crippen molar-refractivity contribution in [3.05, 3.63) is 47.8 Å². The van der Waals surface area contributed by atoms with Crippen molar-refractivity contribution in [2.45, 2.75) is 13.0 Å². The molecule has 0 saturated carbocycles. The van der Waals surface area contributed by atoms with E-state index in [1.54, 1.807) is 7.11 Å². The molecule has 0 amide bonds. The van der Waals surface area contributed by atoms with E-state index in [-0.39, 0.29) is 0 Å². The fraction of sp³-hybridized carbons (Fsp3) is 0.444. The molecule has 0 atom stereocenters. The molecule has 1 aliphatic heterocycles. The van der Waals surface area contributed by atoms with Gasteiger partial charge in [0.2, 0.25) is 5.95 Å². The van der Waals surface area contributed by atoms with Crippen LogP contribution in [0.25, 0.3) is 0 Å². The summed E-state index contributed by atoms with van der Waals surface area (Å²) >= 11 is 0. The molecule has 0 radical (unpaired) electrons. The summed E-state index contributed by atoms with van der Waals surface area (Å²) in [6.45, 7) is 4.85. The van der Waals surface area contributed by atoms with Crippen molar-refractivity contribution >= 4 is 5.95 Å². The van der Waals surface area contributed by atoms with E-state index in [1.807, 2.05) is 30.6 Å². The van der Waals surface area contributed by atoms with E-state index in [2.05, 4.69) is 26.3 Å². The van der Waals surface area contributed by atoms with Crippen LogP contribution >= 0.6 is 0 Å². The molecule has 128 valence electrons. The Balaban J connectivity index is 1.45. The standard InChI is InChI=1S/C18H24N4O2/c1-23-17-5-3-2-4-16(17)6-7-19-12-15-13-20-18(21-14-15)22-8-10-24-11-9-22/h2-5,13-14,19H,6-12H2,1H3. The molecular formula is C18H24N4O2. The lowest BCUT2D eigenvalue weighted by molar-refractivity contribution is 0.122. The van der Waals surface area contributed by atoms with E-state index >= 15 is 0 Å². The van der Waals surface area contributed by atoms with E-state index in [0.717, 1.165) is 63.1 Å². The van der Waals surface area contributed by atoms with Gasteiger partial charge in [-0.15, -0.1) is 0 Å². The van der Waals surface area contributed by atoms with Gasteiger partial charge in [-0.3, -0.25) is 0 Å². The molecule has 2 aromatic rings. The van der Waals surface area contributed by atoms with Gasteiger partial charge in [0.25, 0.3) is 0 Å². The average molecular weight is 328 g/mol. The Hall–Kier alpha value is -2.18. The number of benzene rings is 1. The highest BCUT2D eigenvalue weighted by molar-refractivity contribution is 5.33. The number of hydrogen-bond acceptors (Lipinski definition) is 6. The van der Waals surface area contributed by atoms with E-state index in [9.17, 15) is 0 Å². The third-order valence-corrected chi connectivity index (χ3v) is 4.08. The zero-order chi connectivity index (χ0) is 16.6. The van der Waals surface area contributed by atoms with Crippen molar-refractivity contribution < 1.29 is 9.47 Å². The second-order valence-corrected chi connectivity index (χ2v) is 5.73. The number of para-hydroxylation sites is 1. The first-order valence-corrected chi connectivity index (χ1v) is 8.33. The van der Waals surface area contributed by atoms with Gasteiger partial charge in [-0.25, -0.2) is 9.97 Å². The van der Waals surface area contributed by atoms with Crippen LogP contribution in [0.5, 0.6) is 5.75 Å². The third-order valence-electron chi connectivity index (χ3n) is 4.08. The Labute approximate surface area is 142 Å². The Morgan fingerprint density at radius 2 is 1.92 bits per heavy atom. The number of nitrogens with one attached hydrogen (secondary N) is 1. The fourth-order valence-electron chi connectivity index (χ4n) is 2.73. The molecule has 0 bridgehead atoms. The van der Waals surface area contributed by atoms with Gasteiger partial charge in [0.15, 0.2) is 0 Å². The molecule has 6 nitrogen and oxygen atoms in total. The summed E-state index contributed by atoms with van der Waals surface area (Å²) in [5.74, 6) is 1.73. The Bertz CT molecular complexity index is 627. The summed E-state index contributed by atoms with van der Waals surface area (Å²) in [7, 11) is 1.71. The molecule has 1 fully saturated rings. The van der Waals surface area contributed by atoms with Crippen molar-refractivity contribution in [3.63, 3.8) is 0 Å². The van der Waals surface area contributed by atoms with Crippen molar-refractivity contribution in [3.8, 4) is 5.75 Å². The summed E-state index contributed by atoms with van der Waals surface area (Å²) in [5, 5.41) is 3.43. The van der Waals surface area contributed by atoms with Crippen molar-refractivity contribution in [2.75, 3.05) is 44.9 Å². The number of morpholine rings is 1.